The molecule has 1 rings (SSSR count). The SMILES string of the molecule is CNCO[C@H]1CCCC[C@@H]1NCOC. The number of hydrogen-bond donors (Lipinski definition) is 2. The maximum Gasteiger partial charge on any atom is 0.0967 e. The molecule has 0 aromatic heterocycles. The van der Waals surface area contributed by atoms with Crippen molar-refractivity contribution in [1.29, 1.82) is 0 Å². The molecule has 1 saturated carbocycles. The third-order valence-corrected chi connectivity index (χ3v) is 2.63. The van der Waals surface area contributed by atoms with E-state index in [9.17, 15) is 0 Å². The average Bonchev–Trinajstić information content (AvgIpc) is 2.24. The van der Waals surface area contributed by atoms with E-state index < -0.39 is 0 Å². The third-order valence-electron chi connectivity index (χ3n) is 2.63. The predicted octanol–water partition coefficient (Wildman–Crippen LogP) is 0.685. The van der Waals surface area contributed by atoms with Crippen molar-refractivity contribution >= 4 is 0 Å². The van der Waals surface area contributed by atoms with Gasteiger partial charge in [0.25, 0.3) is 0 Å². The molecule has 0 spiro atoms. The summed E-state index contributed by atoms with van der Waals surface area (Å²) in [6.45, 7) is 1.25. The van der Waals surface area contributed by atoms with Crippen LogP contribution in [0.15, 0.2) is 0 Å². The van der Waals surface area contributed by atoms with E-state index in [-0.39, 0.29) is 0 Å². The molecule has 0 heterocycles. The molecular formula is C10H22N2O2. The van der Waals surface area contributed by atoms with Gasteiger partial charge in [0, 0.05) is 13.2 Å². The van der Waals surface area contributed by atoms with Gasteiger partial charge in [-0.1, -0.05) is 12.8 Å². The summed E-state index contributed by atoms with van der Waals surface area (Å²) in [7, 11) is 3.61. The molecule has 0 unspecified atom stereocenters. The summed E-state index contributed by atoms with van der Waals surface area (Å²) in [5, 5.41) is 6.37. The van der Waals surface area contributed by atoms with Gasteiger partial charge in [-0.05, 0) is 19.9 Å². The highest BCUT2D eigenvalue weighted by atomic mass is 16.5. The van der Waals surface area contributed by atoms with E-state index in [1.54, 1.807) is 7.11 Å². The predicted molar refractivity (Wildman–Crippen MR) is 56.1 cm³/mol. The van der Waals surface area contributed by atoms with E-state index in [2.05, 4.69) is 10.6 Å². The fourth-order valence-corrected chi connectivity index (χ4v) is 1.91. The Morgan fingerprint density at radius 2 is 2.00 bits per heavy atom. The van der Waals surface area contributed by atoms with Crippen LogP contribution in [0.1, 0.15) is 25.7 Å². The van der Waals surface area contributed by atoms with Crippen LogP contribution in [0.3, 0.4) is 0 Å². The van der Waals surface area contributed by atoms with Gasteiger partial charge in [0.15, 0.2) is 0 Å². The molecule has 14 heavy (non-hydrogen) atoms. The third kappa shape index (κ3) is 3.92. The standard InChI is InChI=1S/C10H22N2O2/c1-11-7-14-10-6-4-3-5-9(10)12-8-13-2/h9-12H,3-8H2,1-2H3/t9-,10-/m0/s1. The van der Waals surface area contributed by atoms with Crippen molar-refractivity contribution in [3.63, 3.8) is 0 Å². The molecule has 0 amide bonds. The van der Waals surface area contributed by atoms with Gasteiger partial charge < -0.3 is 9.47 Å². The molecule has 4 heteroatoms. The maximum atomic E-state index is 5.71. The van der Waals surface area contributed by atoms with Gasteiger partial charge in [0.1, 0.15) is 0 Å². The second-order valence-electron chi connectivity index (χ2n) is 3.73. The van der Waals surface area contributed by atoms with Crippen LogP contribution in [-0.2, 0) is 9.47 Å². The van der Waals surface area contributed by atoms with Gasteiger partial charge in [-0.2, -0.15) is 0 Å². The molecule has 0 aliphatic heterocycles. The zero-order chi connectivity index (χ0) is 10.2. The Bertz CT molecular complexity index is 128. The van der Waals surface area contributed by atoms with Crippen molar-refractivity contribution in [1.82, 2.24) is 10.6 Å². The molecule has 1 aliphatic carbocycles. The first-order chi connectivity index (χ1) is 6.88. The summed E-state index contributed by atoms with van der Waals surface area (Å²) in [4.78, 5) is 0. The molecule has 0 aromatic rings. The zero-order valence-electron chi connectivity index (χ0n) is 9.21. The lowest BCUT2D eigenvalue weighted by Crippen LogP contribution is -2.45. The Morgan fingerprint density at radius 1 is 1.21 bits per heavy atom. The van der Waals surface area contributed by atoms with Crippen molar-refractivity contribution in [3.8, 4) is 0 Å². The second-order valence-corrected chi connectivity index (χ2v) is 3.73. The first-order valence-corrected chi connectivity index (χ1v) is 5.37. The molecule has 84 valence electrons. The summed E-state index contributed by atoms with van der Waals surface area (Å²) in [5.41, 5.74) is 0. The van der Waals surface area contributed by atoms with Gasteiger partial charge in [0.2, 0.25) is 0 Å². The highest BCUT2D eigenvalue weighted by molar-refractivity contribution is 4.80. The van der Waals surface area contributed by atoms with Crippen LogP contribution < -0.4 is 10.6 Å². The van der Waals surface area contributed by atoms with Crippen LogP contribution in [-0.4, -0.2) is 39.8 Å². The highest BCUT2D eigenvalue weighted by Crippen LogP contribution is 2.20. The summed E-state index contributed by atoms with van der Waals surface area (Å²) >= 11 is 0. The quantitative estimate of drug-likeness (QED) is 0.622. The van der Waals surface area contributed by atoms with Crippen molar-refractivity contribution < 1.29 is 9.47 Å². The Balaban J connectivity index is 2.26. The topological polar surface area (TPSA) is 42.5 Å². The van der Waals surface area contributed by atoms with Crippen molar-refractivity contribution in [2.75, 3.05) is 27.6 Å². The largest absolute Gasteiger partial charge is 0.370 e. The Hall–Kier alpha value is -0.160. The van der Waals surface area contributed by atoms with Crippen LogP contribution in [0.2, 0.25) is 0 Å². The first-order valence-electron chi connectivity index (χ1n) is 5.37. The van der Waals surface area contributed by atoms with Crippen LogP contribution in [0.5, 0.6) is 0 Å². The van der Waals surface area contributed by atoms with Gasteiger partial charge >= 0.3 is 0 Å². The Kier molecular flexibility index (Phi) is 6.10. The second kappa shape index (κ2) is 7.17. The molecule has 2 atom stereocenters. The fraction of sp³-hybridized carbons (Fsp3) is 1.00. The smallest absolute Gasteiger partial charge is 0.0967 e. The molecule has 0 aromatic carbocycles. The molecular weight excluding hydrogens is 180 g/mol. The molecule has 2 N–H and O–H groups in total. The molecule has 0 radical (unpaired) electrons. The van der Waals surface area contributed by atoms with Crippen LogP contribution in [0.25, 0.3) is 0 Å². The number of methoxy groups -OCH3 is 1. The summed E-state index contributed by atoms with van der Waals surface area (Å²) in [5.74, 6) is 0. The lowest BCUT2D eigenvalue weighted by Gasteiger charge is -2.31. The van der Waals surface area contributed by atoms with Crippen molar-refractivity contribution in [2.45, 2.75) is 37.8 Å². The van der Waals surface area contributed by atoms with Gasteiger partial charge in [-0.3, -0.25) is 10.6 Å². The Morgan fingerprint density at radius 3 is 2.71 bits per heavy atom. The van der Waals surface area contributed by atoms with E-state index in [1.807, 2.05) is 7.05 Å². The van der Waals surface area contributed by atoms with E-state index in [0.29, 0.717) is 25.6 Å². The minimum absolute atomic E-state index is 0.339. The summed E-state index contributed by atoms with van der Waals surface area (Å²) in [6, 6.07) is 0.456. The minimum atomic E-state index is 0.339. The first kappa shape index (κ1) is 11.9. The van der Waals surface area contributed by atoms with Gasteiger partial charge in [-0.15, -0.1) is 0 Å². The lowest BCUT2D eigenvalue weighted by molar-refractivity contribution is -0.0101. The molecule has 0 saturated heterocycles. The lowest BCUT2D eigenvalue weighted by atomic mass is 9.92. The van der Waals surface area contributed by atoms with Crippen LogP contribution in [0, 0.1) is 0 Å². The van der Waals surface area contributed by atoms with Crippen LogP contribution >= 0.6 is 0 Å². The average molecular weight is 202 g/mol. The monoisotopic (exact) mass is 202 g/mol. The van der Waals surface area contributed by atoms with E-state index in [4.69, 9.17) is 9.47 Å². The summed E-state index contributed by atoms with van der Waals surface area (Å²) < 4.78 is 10.7. The molecule has 1 fully saturated rings. The minimum Gasteiger partial charge on any atom is -0.370 e. The van der Waals surface area contributed by atoms with E-state index in [0.717, 1.165) is 6.42 Å². The van der Waals surface area contributed by atoms with E-state index >= 15 is 0 Å². The van der Waals surface area contributed by atoms with Crippen LogP contribution in [0.4, 0.5) is 0 Å². The van der Waals surface area contributed by atoms with E-state index in [1.165, 1.54) is 19.3 Å². The summed E-state index contributed by atoms with van der Waals surface area (Å²) in [6.07, 6.45) is 5.26. The fourth-order valence-electron chi connectivity index (χ4n) is 1.91. The number of ether oxygens (including phenoxy) is 2. The number of rotatable bonds is 6. The highest BCUT2D eigenvalue weighted by Gasteiger charge is 2.24. The molecule has 1 aliphatic rings. The molecule has 4 nitrogen and oxygen atoms in total. The maximum absolute atomic E-state index is 5.71. The van der Waals surface area contributed by atoms with Gasteiger partial charge in [0.05, 0.1) is 19.6 Å². The molecule has 0 bridgehead atoms. The number of hydrogen-bond acceptors (Lipinski definition) is 4. The Labute approximate surface area is 86.3 Å². The van der Waals surface area contributed by atoms with Gasteiger partial charge in [-0.25, -0.2) is 0 Å². The van der Waals surface area contributed by atoms with Crippen molar-refractivity contribution in [3.05, 3.63) is 0 Å². The number of nitrogens with one attached hydrogen (secondary N) is 2. The zero-order valence-corrected chi connectivity index (χ0v) is 9.21. The van der Waals surface area contributed by atoms with Crippen molar-refractivity contribution in [2.24, 2.45) is 0 Å². The normalized spacial score (nSPS) is 27.9.